The van der Waals surface area contributed by atoms with Crippen LogP contribution in [0.5, 0.6) is 0 Å². The Balaban J connectivity index is 2.12. The highest BCUT2D eigenvalue weighted by atomic mass is 15.2. The second-order valence-electron chi connectivity index (χ2n) is 4.47. The number of H-pyrrole nitrogens is 1. The molecule has 3 heteroatoms. The van der Waals surface area contributed by atoms with Gasteiger partial charge in [0.25, 0.3) is 0 Å². The van der Waals surface area contributed by atoms with Crippen molar-refractivity contribution >= 4 is 5.69 Å². The van der Waals surface area contributed by atoms with Crippen molar-refractivity contribution < 1.29 is 0 Å². The summed E-state index contributed by atoms with van der Waals surface area (Å²) in [6.07, 6.45) is 3.32. The van der Waals surface area contributed by atoms with Gasteiger partial charge in [-0.15, -0.1) is 0 Å². The molecule has 1 aromatic heterocycles. The molecule has 1 aromatic carbocycles. The molecule has 0 atom stereocenters. The van der Waals surface area contributed by atoms with Gasteiger partial charge in [0.05, 0.1) is 11.4 Å². The number of fused-ring (bicyclic) bond motifs is 1. The molecule has 0 fully saturated rings. The molecular formula is C14H17N3. The van der Waals surface area contributed by atoms with Gasteiger partial charge < -0.3 is 5.32 Å². The molecule has 17 heavy (non-hydrogen) atoms. The summed E-state index contributed by atoms with van der Waals surface area (Å²) in [5.41, 5.74) is 6.14. The predicted octanol–water partition coefficient (Wildman–Crippen LogP) is 3.00. The average Bonchev–Trinajstić information content (AvgIpc) is 2.82. The monoisotopic (exact) mass is 227 g/mol. The fraction of sp³-hybridized carbons (Fsp3) is 0.357. The fourth-order valence-electron chi connectivity index (χ4n) is 2.48. The summed E-state index contributed by atoms with van der Waals surface area (Å²) in [4.78, 5) is 0. The van der Waals surface area contributed by atoms with Crippen LogP contribution in [0.2, 0.25) is 0 Å². The zero-order valence-electron chi connectivity index (χ0n) is 10.1. The lowest BCUT2D eigenvalue weighted by Crippen LogP contribution is -2.11. The first-order valence-electron chi connectivity index (χ1n) is 6.29. The second kappa shape index (κ2) is 4.24. The van der Waals surface area contributed by atoms with Crippen LogP contribution in [0, 0.1) is 0 Å². The lowest BCUT2D eigenvalue weighted by molar-refractivity contribution is 0.801. The molecule has 2 N–H and O–H groups in total. The predicted molar refractivity (Wildman–Crippen MR) is 70.2 cm³/mol. The van der Waals surface area contributed by atoms with Crippen molar-refractivity contribution in [3.63, 3.8) is 0 Å². The number of hydrogen-bond donors (Lipinski definition) is 2. The molecule has 0 bridgehead atoms. The van der Waals surface area contributed by atoms with E-state index in [9.17, 15) is 0 Å². The standard InChI is InChI=1S/C14H17N3/c1-2-10-6-3-4-7-11(10)13-14-12(16-17-13)8-5-9-15-14/h3-4,6-7,15H,2,5,8-9H2,1H3,(H,16,17). The molecule has 0 saturated heterocycles. The highest BCUT2D eigenvalue weighted by Crippen LogP contribution is 2.33. The van der Waals surface area contributed by atoms with E-state index in [4.69, 9.17) is 0 Å². The van der Waals surface area contributed by atoms with E-state index >= 15 is 0 Å². The zero-order valence-corrected chi connectivity index (χ0v) is 10.1. The van der Waals surface area contributed by atoms with Crippen LogP contribution in [0.1, 0.15) is 24.6 Å². The minimum Gasteiger partial charge on any atom is -0.382 e. The van der Waals surface area contributed by atoms with E-state index < -0.39 is 0 Å². The van der Waals surface area contributed by atoms with Crippen LogP contribution in [0.3, 0.4) is 0 Å². The van der Waals surface area contributed by atoms with Crippen LogP contribution in [0.25, 0.3) is 11.3 Å². The summed E-state index contributed by atoms with van der Waals surface area (Å²) in [5.74, 6) is 0. The van der Waals surface area contributed by atoms with Crippen molar-refractivity contribution in [1.82, 2.24) is 10.2 Å². The van der Waals surface area contributed by atoms with E-state index in [2.05, 4.69) is 46.7 Å². The number of aromatic amines is 1. The van der Waals surface area contributed by atoms with E-state index in [0.717, 1.165) is 25.1 Å². The minimum absolute atomic E-state index is 1.04. The van der Waals surface area contributed by atoms with Gasteiger partial charge in [0.2, 0.25) is 0 Å². The third kappa shape index (κ3) is 1.71. The minimum atomic E-state index is 1.04. The normalized spacial score (nSPS) is 14.2. The summed E-state index contributed by atoms with van der Waals surface area (Å²) in [5, 5.41) is 11.1. The number of aromatic nitrogens is 2. The van der Waals surface area contributed by atoms with Gasteiger partial charge in [-0.25, -0.2) is 0 Å². The largest absolute Gasteiger partial charge is 0.382 e. The zero-order chi connectivity index (χ0) is 11.7. The van der Waals surface area contributed by atoms with Crippen LogP contribution in [-0.2, 0) is 12.8 Å². The van der Waals surface area contributed by atoms with Crippen molar-refractivity contribution in [2.45, 2.75) is 26.2 Å². The van der Waals surface area contributed by atoms with E-state index in [-0.39, 0.29) is 0 Å². The number of aryl methyl sites for hydroxylation is 2. The van der Waals surface area contributed by atoms with Crippen LogP contribution >= 0.6 is 0 Å². The summed E-state index contributed by atoms with van der Waals surface area (Å²) < 4.78 is 0. The van der Waals surface area contributed by atoms with E-state index in [1.807, 2.05) is 0 Å². The number of anilines is 1. The summed E-state index contributed by atoms with van der Waals surface area (Å²) >= 11 is 0. The van der Waals surface area contributed by atoms with Crippen LogP contribution in [0.4, 0.5) is 5.69 Å². The Morgan fingerprint density at radius 3 is 3.06 bits per heavy atom. The maximum atomic E-state index is 4.49. The maximum Gasteiger partial charge on any atom is 0.116 e. The summed E-state index contributed by atoms with van der Waals surface area (Å²) in [7, 11) is 0. The van der Waals surface area contributed by atoms with Gasteiger partial charge >= 0.3 is 0 Å². The maximum absolute atomic E-state index is 4.49. The lowest BCUT2D eigenvalue weighted by atomic mass is 10.00. The molecular weight excluding hydrogens is 210 g/mol. The Labute approximate surface area is 101 Å². The Morgan fingerprint density at radius 1 is 1.29 bits per heavy atom. The van der Waals surface area contributed by atoms with Gasteiger partial charge in [0, 0.05) is 12.1 Å². The van der Waals surface area contributed by atoms with Gasteiger partial charge in [0.1, 0.15) is 5.69 Å². The lowest BCUT2D eigenvalue weighted by Gasteiger charge is -2.15. The summed E-state index contributed by atoms with van der Waals surface area (Å²) in [6, 6.07) is 8.51. The number of hydrogen-bond acceptors (Lipinski definition) is 2. The third-order valence-electron chi connectivity index (χ3n) is 3.40. The molecule has 2 aromatic rings. The van der Waals surface area contributed by atoms with Crippen LogP contribution in [0.15, 0.2) is 24.3 Å². The topological polar surface area (TPSA) is 40.7 Å². The highest BCUT2D eigenvalue weighted by Gasteiger charge is 2.18. The van der Waals surface area contributed by atoms with Crippen LogP contribution < -0.4 is 5.32 Å². The van der Waals surface area contributed by atoms with Crippen molar-refractivity contribution in [2.75, 3.05) is 11.9 Å². The van der Waals surface area contributed by atoms with E-state index in [1.165, 1.54) is 28.9 Å². The smallest absolute Gasteiger partial charge is 0.116 e. The van der Waals surface area contributed by atoms with Crippen molar-refractivity contribution in [2.24, 2.45) is 0 Å². The molecule has 2 heterocycles. The first-order chi connectivity index (χ1) is 8.40. The molecule has 88 valence electrons. The van der Waals surface area contributed by atoms with Crippen molar-refractivity contribution in [3.8, 4) is 11.3 Å². The highest BCUT2D eigenvalue weighted by molar-refractivity contribution is 5.78. The molecule has 3 nitrogen and oxygen atoms in total. The van der Waals surface area contributed by atoms with Gasteiger partial charge in [-0.1, -0.05) is 31.2 Å². The van der Waals surface area contributed by atoms with Crippen molar-refractivity contribution in [1.29, 1.82) is 0 Å². The number of rotatable bonds is 2. The average molecular weight is 227 g/mol. The molecule has 0 aliphatic carbocycles. The fourth-order valence-corrected chi connectivity index (χ4v) is 2.48. The Kier molecular flexibility index (Phi) is 2.59. The molecule has 0 unspecified atom stereocenters. The van der Waals surface area contributed by atoms with Gasteiger partial charge in [0.15, 0.2) is 0 Å². The van der Waals surface area contributed by atoms with Gasteiger partial charge in [-0.3, -0.25) is 5.10 Å². The molecule has 0 amide bonds. The third-order valence-corrected chi connectivity index (χ3v) is 3.40. The second-order valence-corrected chi connectivity index (χ2v) is 4.47. The molecule has 0 spiro atoms. The van der Waals surface area contributed by atoms with E-state index in [0.29, 0.717) is 0 Å². The van der Waals surface area contributed by atoms with Crippen LogP contribution in [-0.4, -0.2) is 16.7 Å². The van der Waals surface area contributed by atoms with Gasteiger partial charge in [-0.2, -0.15) is 5.10 Å². The molecule has 3 rings (SSSR count). The van der Waals surface area contributed by atoms with E-state index in [1.54, 1.807) is 0 Å². The Hall–Kier alpha value is -1.77. The number of nitrogens with zero attached hydrogens (tertiary/aromatic N) is 1. The molecule has 1 aliphatic rings. The first-order valence-corrected chi connectivity index (χ1v) is 6.29. The first kappa shape index (κ1) is 10.4. The quantitative estimate of drug-likeness (QED) is 0.828. The summed E-state index contributed by atoms with van der Waals surface area (Å²) in [6.45, 7) is 3.24. The molecule has 0 saturated carbocycles. The Morgan fingerprint density at radius 2 is 2.18 bits per heavy atom. The number of benzene rings is 1. The number of nitrogens with one attached hydrogen (secondary N) is 2. The SMILES string of the molecule is CCc1ccccc1-c1n[nH]c2c1NCCC2. The molecule has 0 radical (unpaired) electrons. The molecule has 1 aliphatic heterocycles. The van der Waals surface area contributed by atoms with Gasteiger partial charge in [-0.05, 0) is 24.8 Å². The Bertz CT molecular complexity index is 528. The van der Waals surface area contributed by atoms with Crippen molar-refractivity contribution in [3.05, 3.63) is 35.5 Å².